The molecule has 1 unspecified atom stereocenters. The van der Waals surface area contributed by atoms with Crippen LogP contribution in [0.3, 0.4) is 0 Å². The quantitative estimate of drug-likeness (QED) is 0.840. The van der Waals surface area contributed by atoms with Crippen molar-refractivity contribution >= 4 is 17.4 Å². The summed E-state index contributed by atoms with van der Waals surface area (Å²) in [5.74, 6) is -0.265. The first-order valence-electron chi connectivity index (χ1n) is 10.1. The van der Waals surface area contributed by atoms with Crippen LogP contribution in [0.2, 0.25) is 0 Å². The molecule has 5 heteroatoms. The number of hydrogen-bond acceptors (Lipinski definition) is 4. The van der Waals surface area contributed by atoms with Gasteiger partial charge in [-0.3, -0.25) is 9.59 Å². The summed E-state index contributed by atoms with van der Waals surface area (Å²) in [6.45, 7) is 2.00. The summed E-state index contributed by atoms with van der Waals surface area (Å²) in [7, 11) is 0. The van der Waals surface area contributed by atoms with Crippen LogP contribution in [0.25, 0.3) is 0 Å². The van der Waals surface area contributed by atoms with E-state index in [0.717, 1.165) is 42.7 Å². The maximum Gasteiger partial charge on any atom is 0.243 e. The number of nitrogens with zero attached hydrogens (tertiary/aromatic N) is 1. The molecule has 2 aliphatic rings. The molecule has 2 aromatic rings. The third kappa shape index (κ3) is 3.31. The molecule has 1 aliphatic carbocycles. The number of carbonyl (C=O) groups excluding carboxylic acids is 2. The lowest BCUT2D eigenvalue weighted by Gasteiger charge is -2.47. The second-order valence-electron chi connectivity index (χ2n) is 7.85. The van der Waals surface area contributed by atoms with Crippen molar-refractivity contribution in [2.24, 2.45) is 11.7 Å². The molecule has 146 valence electrons. The molecule has 1 aliphatic heterocycles. The number of primary amides is 1. The number of para-hydroxylation sites is 1. The Morgan fingerprint density at radius 1 is 1.07 bits per heavy atom. The molecule has 28 heavy (non-hydrogen) atoms. The highest BCUT2D eigenvalue weighted by Gasteiger charge is 2.45. The number of Topliss-reactive ketones (excluding diaryl/α,β-unsaturated/α-hetero) is 1. The largest absolute Gasteiger partial charge is 0.368 e. The third-order valence-corrected chi connectivity index (χ3v) is 6.29. The van der Waals surface area contributed by atoms with Gasteiger partial charge in [0.15, 0.2) is 5.78 Å². The van der Waals surface area contributed by atoms with Gasteiger partial charge in [-0.05, 0) is 56.5 Å². The van der Waals surface area contributed by atoms with E-state index in [1.54, 1.807) is 0 Å². The first-order valence-corrected chi connectivity index (χ1v) is 10.1. The van der Waals surface area contributed by atoms with Crippen LogP contribution in [-0.4, -0.2) is 36.9 Å². The predicted octanol–water partition coefficient (Wildman–Crippen LogP) is 2.55. The molecule has 2 aromatic carbocycles. The van der Waals surface area contributed by atoms with Gasteiger partial charge in [0.05, 0.1) is 0 Å². The second-order valence-corrected chi connectivity index (χ2v) is 7.85. The van der Waals surface area contributed by atoms with Crippen LogP contribution in [-0.2, 0) is 11.2 Å². The van der Waals surface area contributed by atoms with E-state index in [2.05, 4.69) is 10.2 Å². The summed E-state index contributed by atoms with van der Waals surface area (Å²) < 4.78 is 0. The van der Waals surface area contributed by atoms with Gasteiger partial charge in [-0.2, -0.15) is 0 Å². The van der Waals surface area contributed by atoms with E-state index in [9.17, 15) is 9.59 Å². The molecule has 3 N–H and O–H groups in total. The molecule has 0 bridgehead atoms. The second kappa shape index (κ2) is 7.76. The molecule has 0 saturated carbocycles. The zero-order chi connectivity index (χ0) is 19.6. The number of carbonyl (C=O) groups is 2. The Bertz CT molecular complexity index is 859. The van der Waals surface area contributed by atoms with Gasteiger partial charge >= 0.3 is 0 Å². The van der Waals surface area contributed by atoms with Crippen LogP contribution in [0.4, 0.5) is 5.69 Å². The summed E-state index contributed by atoms with van der Waals surface area (Å²) in [4.78, 5) is 28.0. The summed E-state index contributed by atoms with van der Waals surface area (Å²) in [6.07, 6.45) is 2.98. The van der Waals surface area contributed by atoms with Crippen molar-refractivity contribution < 1.29 is 9.59 Å². The van der Waals surface area contributed by atoms with Gasteiger partial charge in [-0.15, -0.1) is 0 Å². The lowest BCUT2D eigenvalue weighted by molar-refractivity contribution is -0.124. The Balaban J connectivity index is 1.69. The minimum atomic E-state index is -0.760. The number of amides is 1. The summed E-state index contributed by atoms with van der Waals surface area (Å²) in [5.41, 5.74) is 8.11. The Morgan fingerprint density at radius 3 is 2.46 bits per heavy atom. The van der Waals surface area contributed by atoms with Crippen LogP contribution >= 0.6 is 0 Å². The first-order chi connectivity index (χ1) is 13.6. The fourth-order valence-corrected chi connectivity index (χ4v) is 4.68. The van der Waals surface area contributed by atoms with Crippen molar-refractivity contribution in [2.75, 3.05) is 24.5 Å². The van der Waals surface area contributed by atoms with Gasteiger partial charge in [-0.25, -0.2) is 0 Å². The van der Waals surface area contributed by atoms with Crippen molar-refractivity contribution in [1.82, 2.24) is 5.32 Å². The number of benzene rings is 2. The molecule has 4 rings (SSSR count). The third-order valence-electron chi connectivity index (χ3n) is 6.29. The maximum atomic E-state index is 13.2. The van der Waals surface area contributed by atoms with Gasteiger partial charge in [0.2, 0.25) is 5.91 Å². The Hall–Kier alpha value is -2.66. The minimum absolute atomic E-state index is 0.138. The van der Waals surface area contributed by atoms with Gasteiger partial charge in [0, 0.05) is 23.7 Å². The van der Waals surface area contributed by atoms with E-state index in [0.29, 0.717) is 19.4 Å². The van der Waals surface area contributed by atoms with Crippen molar-refractivity contribution in [3.8, 4) is 0 Å². The minimum Gasteiger partial charge on any atom is -0.368 e. The van der Waals surface area contributed by atoms with E-state index in [4.69, 9.17) is 5.73 Å². The molecule has 0 radical (unpaired) electrons. The van der Waals surface area contributed by atoms with Crippen LogP contribution in [0.5, 0.6) is 0 Å². The number of anilines is 1. The molecule has 1 saturated heterocycles. The lowest BCUT2D eigenvalue weighted by Crippen LogP contribution is -2.63. The number of nitrogens with two attached hydrogens (primary N) is 1. The van der Waals surface area contributed by atoms with E-state index in [-0.39, 0.29) is 17.6 Å². The van der Waals surface area contributed by atoms with Gasteiger partial charge in [-0.1, -0.05) is 42.5 Å². The number of aryl methyl sites for hydroxylation is 1. The summed E-state index contributed by atoms with van der Waals surface area (Å²) in [5, 5.41) is 3.32. The first kappa shape index (κ1) is 18.7. The van der Waals surface area contributed by atoms with Gasteiger partial charge in [0.25, 0.3) is 0 Å². The van der Waals surface area contributed by atoms with Crippen LogP contribution in [0.15, 0.2) is 54.6 Å². The molecule has 0 aromatic heterocycles. The number of piperidine rings is 1. The van der Waals surface area contributed by atoms with Crippen LogP contribution < -0.4 is 16.0 Å². The highest BCUT2D eigenvalue weighted by Crippen LogP contribution is 2.35. The van der Waals surface area contributed by atoms with Crippen molar-refractivity contribution in [3.05, 3.63) is 65.7 Å². The zero-order valence-corrected chi connectivity index (χ0v) is 16.1. The molecule has 1 atom stereocenters. The van der Waals surface area contributed by atoms with Gasteiger partial charge < -0.3 is 16.0 Å². The van der Waals surface area contributed by atoms with Crippen molar-refractivity contribution in [3.63, 3.8) is 0 Å². The topological polar surface area (TPSA) is 75.4 Å². The fourth-order valence-electron chi connectivity index (χ4n) is 4.68. The van der Waals surface area contributed by atoms with Crippen LogP contribution in [0, 0.1) is 5.92 Å². The molecular formula is C23H27N3O2. The highest BCUT2D eigenvalue weighted by molar-refractivity contribution is 6.00. The average molecular weight is 377 g/mol. The van der Waals surface area contributed by atoms with E-state index in [1.165, 1.54) is 0 Å². The molecular weight excluding hydrogens is 350 g/mol. The SMILES string of the molecule is NC(=O)C1(N(CC2CCc3ccccc3C2=O)c2ccccc2)CCNCC1. The fraction of sp³-hybridized carbons (Fsp3) is 0.391. The molecule has 1 fully saturated rings. The number of hydrogen-bond donors (Lipinski definition) is 2. The summed E-state index contributed by atoms with van der Waals surface area (Å²) >= 11 is 0. The Kier molecular flexibility index (Phi) is 5.18. The predicted molar refractivity (Wildman–Crippen MR) is 110 cm³/mol. The van der Waals surface area contributed by atoms with Crippen molar-refractivity contribution in [1.29, 1.82) is 0 Å². The van der Waals surface area contributed by atoms with E-state index in [1.807, 2.05) is 54.6 Å². The molecule has 5 nitrogen and oxygen atoms in total. The van der Waals surface area contributed by atoms with E-state index >= 15 is 0 Å². The summed E-state index contributed by atoms with van der Waals surface area (Å²) in [6, 6.07) is 17.8. The average Bonchev–Trinajstić information content (AvgIpc) is 2.74. The smallest absolute Gasteiger partial charge is 0.243 e. The van der Waals surface area contributed by atoms with Crippen molar-refractivity contribution in [2.45, 2.75) is 31.2 Å². The molecule has 0 spiro atoms. The van der Waals surface area contributed by atoms with Gasteiger partial charge in [0.1, 0.15) is 5.54 Å². The zero-order valence-electron chi connectivity index (χ0n) is 16.1. The van der Waals surface area contributed by atoms with Crippen LogP contribution in [0.1, 0.15) is 35.2 Å². The Labute approximate surface area is 165 Å². The Morgan fingerprint density at radius 2 is 1.75 bits per heavy atom. The number of nitrogens with one attached hydrogen (secondary N) is 1. The van der Waals surface area contributed by atoms with E-state index < -0.39 is 5.54 Å². The number of ketones is 1. The standard InChI is InChI=1S/C23H27N3O2/c24-22(28)23(12-14-25-15-13-23)26(19-7-2-1-3-8-19)16-18-11-10-17-6-4-5-9-20(17)21(18)27/h1-9,18,25H,10-16H2,(H2,24,28). The monoisotopic (exact) mass is 377 g/mol. The maximum absolute atomic E-state index is 13.2. The number of fused-ring (bicyclic) bond motifs is 1. The molecule has 1 amide bonds. The highest BCUT2D eigenvalue weighted by atomic mass is 16.2. The normalized spacial score (nSPS) is 21.0. The lowest BCUT2D eigenvalue weighted by atomic mass is 9.79. The molecule has 1 heterocycles. The number of rotatable bonds is 5.